The van der Waals surface area contributed by atoms with Gasteiger partial charge in [0.1, 0.15) is 11.2 Å². The molecule has 10 rings (SSSR count). The number of hydrogen-bond donors (Lipinski definition) is 0. The van der Waals surface area contributed by atoms with Crippen LogP contribution in [0.5, 0.6) is 0 Å². The highest BCUT2D eigenvalue weighted by molar-refractivity contribution is 6.27. The van der Waals surface area contributed by atoms with E-state index in [1.807, 2.05) is 0 Å². The van der Waals surface area contributed by atoms with E-state index in [1.165, 1.54) is 87.6 Å². The molecular formula is C43H28O. The van der Waals surface area contributed by atoms with E-state index in [4.69, 9.17) is 4.42 Å². The van der Waals surface area contributed by atoms with Crippen LogP contribution in [0.3, 0.4) is 0 Å². The molecule has 1 aliphatic rings. The molecule has 0 saturated heterocycles. The van der Waals surface area contributed by atoms with Crippen LogP contribution in [0, 0.1) is 0 Å². The Labute approximate surface area is 255 Å². The number of furan rings is 1. The summed E-state index contributed by atoms with van der Waals surface area (Å²) in [6.45, 7) is 4.64. The van der Waals surface area contributed by atoms with Gasteiger partial charge in [-0.3, -0.25) is 0 Å². The van der Waals surface area contributed by atoms with E-state index >= 15 is 0 Å². The molecule has 44 heavy (non-hydrogen) atoms. The van der Waals surface area contributed by atoms with Crippen molar-refractivity contribution in [2.45, 2.75) is 19.3 Å². The molecule has 0 unspecified atom stereocenters. The maximum Gasteiger partial charge on any atom is 0.136 e. The van der Waals surface area contributed by atoms with E-state index in [2.05, 4.69) is 147 Å². The molecule has 1 heterocycles. The van der Waals surface area contributed by atoms with Crippen LogP contribution in [0.1, 0.15) is 25.0 Å². The zero-order valence-corrected chi connectivity index (χ0v) is 24.6. The summed E-state index contributed by atoms with van der Waals surface area (Å²) in [4.78, 5) is 0. The number of hydrogen-bond acceptors (Lipinski definition) is 1. The Morgan fingerprint density at radius 1 is 0.409 bits per heavy atom. The lowest BCUT2D eigenvalue weighted by Crippen LogP contribution is -2.14. The van der Waals surface area contributed by atoms with E-state index in [-0.39, 0.29) is 5.41 Å². The highest BCUT2D eigenvalue weighted by Gasteiger charge is 2.36. The lowest BCUT2D eigenvalue weighted by atomic mass is 9.82. The minimum atomic E-state index is -0.0493. The van der Waals surface area contributed by atoms with Gasteiger partial charge in [0.25, 0.3) is 0 Å². The second-order valence-electron chi connectivity index (χ2n) is 12.9. The van der Waals surface area contributed by atoms with E-state index in [0.29, 0.717) is 0 Å². The maximum atomic E-state index is 6.62. The molecule has 0 N–H and O–H groups in total. The number of fused-ring (bicyclic) bond motifs is 6. The summed E-state index contributed by atoms with van der Waals surface area (Å²) in [6, 6.07) is 49.2. The van der Waals surface area contributed by atoms with Gasteiger partial charge in [0.2, 0.25) is 0 Å². The zero-order valence-electron chi connectivity index (χ0n) is 24.6. The highest BCUT2D eigenvalue weighted by Crippen LogP contribution is 2.51. The minimum absolute atomic E-state index is 0.0493. The first-order valence-corrected chi connectivity index (χ1v) is 15.4. The van der Waals surface area contributed by atoms with Crippen molar-refractivity contribution in [2.75, 3.05) is 0 Å². The summed E-state index contributed by atoms with van der Waals surface area (Å²) in [5.41, 5.74) is 12.2. The quantitative estimate of drug-likeness (QED) is 0.192. The van der Waals surface area contributed by atoms with Gasteiger partial charge in [0, 0.05) is 16.2 Å². The van der Waals surface area contributed by atoms with Crippen LogP contribution in [0.25, 0.3) is 87.6 Å². The second-order valence-corrected chi connectivity index (χ2v) is 12.9. The molecule has 0 spiro atoms. The normalized spacial score (nSPS) is 13.9. The van der Waals surface area contributed by atoms with Crippen molar-refractivity contribution in [3.05, 3.63) is 145 Å². The molecule has 9 aromatic rings. The molecule has 1 aliphatic carbocycles. The van der Waals surface area contributed by atoms with E-state index < -0.39 is 0 Å². The highest BCUT2D eigenvalue weighted by atomic mass is 16.3. The summed E-state index contributed by atoms with van der Waals surface area (Å²) >= 11 is 0. The molecule has 1 nitrogen and oxygen atoms in total. The number of benzene rings is 8. The van der Waals surface area contributed by atoms with Crippen LogP contribution in [0.2, 0.25) is 0 Å². The van der Waals surface area contributed by atoms with Crippen LogP contribution in [-0.2, 0) is 5.41 Å². The molecule has 0 fully saturated rings. The third-order valence-electron chi connectivity index (χ3n) is 10.2. The van der Waals surface area contributed by atoms with Crippen LogP contribution in [0.15, 0.2) is 138 Å². The summed E-state index contributed by atoms with van der Waals surface area (Å²) in [5.74, 6) is 0. The van der Waals surface area contributed by atoms with Gasteiger partial charge in [-0.2, -0.15) is 0 Å². The van der Waals surface area contributed by atoms with Crippen LogP contribution in [0.4, 0.5) is 0 Å². The summed E-state index contributed by atoms with van der Waals surface area (Å²) in [7, 11) is 0. The van der Waals surface area contributed by atoms with Crippen molar-refractivity contribution in [2.24, 2.45) is 0 Å². The molecule has 0 aliphatic heterocycles. The van der Waals surface area contributed by atoms with Gasteiger partial charge in [0.05, 0.1) is 0 Å². The van der Waals surface area contributed by atoms with Crippen molar-refractivity contribution >= 4 is 54.3 Å². The van der Waals surface area contributed by atoms with Crippen molar-refractivity contribution in [3.63, 3.8) is 0 Å². The lowest BCUT2D eigenvalue weighted by molar-refractivity contribution is 0.647. The Balaban J connectivity index is 1.18. The molecule has 8 aromatic carbocycles. The molecule has 1 aromatic heterocycles. The molecule has 0 atom stereocenters. The molecule has 206 valence electrons. The van der Waals surface area contributed by atoms with Gasteiger partial charge < -0.3 is 4.42 Å². The lowest BCUT2D eigenvalue weighted by Gasteiger charge is -2.21. The fraction of sp³-hybridized carbons (Fsp3) is 0.0698. The van der Waals surface area contributed by atoms with Crippen molar-refractivity contribution in [1.82, 2.24) is 0 Å². The van der Waals surface area contributed by atoms with Gasteiger partial charge in [-0.25, -0.2) is 0 Å². The Bertz CT molecular complexity index is 2620. The largest absolute Gasteiger partial charge is 0.456 e. The van der Waals surface area contributed by atoms with Crippen LogP contribution < -0.4 is 0 Å². The first-order valence-electron chi connectivity index (χ1n) is 15.4. The monoisotopic (exact) mass is 560 g/mol. The molecule has 1 heteroatoms. The Morgan fingerprint density at radius 2 is 1.02 bits per heavy atom. The third kappa shape index (κ3) is 3.09. The minimum Gasteiger partial charge on any atom is -0.456 e. The Morgan fingerprint density at radius 3 is 1.77 bits per heavy atom. The number of rotatable bonds is 2. The average Bonchev–Trinajstić information content (AvgIpc) is 3.53. The summed E-state index contributed by atoms with van der Waals surface area (Å²) < 4.78 is 6.62. The van der Waals surface area contributed by atoms with Crippen LogP contribution >= 0.6 is 0 Å². The van der Waals surface area contributed by atoms with Gasteiger partial charge in [-0.15, -0.1) is 0 Å². The molecule has 0 bridgehead atoms. The molecule has 0 saturated carbocycles. The average molecular weight is 561 g/mol. The van der Waals surface area contributed by atoms with Crippen molar-refractivity contribution in [1.29, 1.82) is 0 Å². The summed E-state index contributed by atoms with van der Waals surface area (Å²) in [5, 5.41) is 10.1. The van der Waals surface area contributed by atoms with Gasteiger partial charge in [-0.05, 0) is 101 Å². The van der Waals surface area contributed by atoms with E-state index in [9.17, 15) is 0 Å². The topological polar surface area (TPSA) is 13.1 Å². The van der Waals surface area contributed by atoms with Gasteiger partial charge in [0.15, 0.2) is 0 Å². The predicted molar refractivity (Wildman–Crippen MR) is 186 cm³/mol. The summed E-state index contributed by atoms with van der Waals surface area (Å²) in [6.07, 6.45) is 0. The molecule has 0 radical (unpaired) electrons. The fourth-order valence-corrected chi connectivity index (χ4v) is 8.06. The standard InChI is InChI=1S/C43H28O/c1-43(2)37-11-7-6-10-31(37)35-23-36-32-19-16-28(22-39(32)44-40(36)24-38(35)43)30-18-13-27-14-20-33-29(25-8-4-3-5-9-25)17-12-26-15-21-34(30)42(27)41(26)33/h3-24H,1-2H3. The first kappa shape index (κ1) is 24.1. The fourth-order valence-electron chi connectivity index (χ4n) is 8.06. The second kappa shape index (κ2) is 8.36. The zero-order chi connectivity index (χ0) is 29.2. The van der Waals surface area contributed by atoms with Gasteiger partial charge in [-0.1, -0.05) is 123 Å². The SMILES string of the molecule is CC1(C)c2ccccc2-c2cc3c(cc21)oc1cc(-c2ccc4ccc5c(-c6ccccc6)ccc6ccc2c4c65)ccc13. The Kier molecular flexibility index (Phi) is 4.58. The smallest absolute Gasteiger partial charge is 0.136 e. The van der Waals surface area contributed by atoms with Crippen molar-refractivity contribution < 1.29 is 4.42 Å². The Hall–Kier alpha value is -5.40. The van der Waals surface area contributed by atoms with E-state index in [1.54, 1.807) is 0 Å². The van der Waals surface area contributed by atoms with Crippen LogP contribution in [-0.4, -0.2) is 0 Å². The maximum absolute atomic E-state index is 6.62. The molecular weight excluding hydrogens is 532 g/mol. The molecule has 0 amide bonds. The van der Waals surface area contributed by atoms with Crippen molar-refractivity contribution in [3.8, 4) is 33.4 Å². The third-order valence-corrected chi connectivity index (χ3v) is 10.2. The first-order chi connectivity index (χ1) is 21.6. The predicted octanol–water partition coefficient (Wildman–Crippen LogP) is 12.1. The van der Waals surface area contributed by atoms with E-state index in [0.717, 1.165) is 11.2 Å². The van der Waals surface area contributed by atoms with Gasteiger partial charge >= 0.3 is 0 Å².